The Morgan fingerprint density at radius 3 is 2.72 bits per heavy atom. The SMILES string of the molecule is Cc1csc(NC(=O)CC(C)c2ccccc2)n1. The first-order chi connectivity index (χ1) is 8.65. The van der Waals surface area contributed by atoms with E-state index in [1.54, 1.807) is 0 Å². The molecular formula is C14H16N2OS. The zero-order valence-electron chi connectivity index (χ0n) is 10.5. The summed E-state index contributed by atoms with van der Waals surface area (Å²) in [5.41, 5.74) is 2.12. The number of aromatic nitrogens is 1. The summed E-state index contributed by atoms with van der Waals surface area (Å²) in [4.78, 5) is 16.1. The second kappa shape index (κ2) is 5.78. The van der Waals surface area contributed by atoms with Gasteiger partial charge in [-0.3, -0.25) is 4.79 Å². The maximum absolute atomic E-state index is 11.9. The number of hydrogen-bond donors (Lipinski definition) is 1. The van der Waals surface area contributed by atoms with Crippen LogP contribution in [0.5, 0.6) is 0 Å². The van der Waals surface area contributed by atoms with Crippen molar-refractivity contribution in [1.82, 2.24) is 4.98 Å². The smallest absolute Gasteiger partial charge is 0.226 e. The second-order valence-electron chi connectivity index (χ2n) is 4.36. The minimum atomic E-state index is 0.0145. The maximum Gasteiger partial charge on any atom is 0.226 e. The average Bonchev–Trinajstić information content (AvgIpc) is 2.75. The van der Waals surface area contributed by atoms with E-state index in [2.05, 4.69) is 17.2 Å². The minimum Gasteiger partial charge on any atom is -0.302 e. The standard InChI is InChI=1S/C14H16N2OS/c1-10(12-6-4-3-5-7-12)8-13(17)16-14-15-11(2)9-18-14/h3-7,9-10H,8H2,1-2H3,(H,15,16,17). The quantitative estimate of drug-likeness (QED) is 0.913. The van der Waals surface area contributed by atoms with Crippen molar-refractivity contribution in [2.75, 3.05) is 5.32 Å². The highest BCUT2D eigenvalue weighted by molar-refractivity contribution is 7.13. The molecule has 3 nitrogen and oxygen atoms in total. The minimum absolute atomic E-state index is 0.0145. The number of aryl methyl sites for hydroxylation is 1. The van der Waals surface area contributed by atoms with Crippen LogP contribution in [0.4, 0.5) is 5.13 Å². The number of rotatable bonds is 4. The number of benzene rings is 1. The highest BCUT2D eigenvalue weighted by Crippen LogP contribution is 2.20. The number of hydrogen-bond acceptors (Lipinski definition) is 3. The van der Waals surface area contributed by atoms with Crippen molar-refractivity contribution in [2.45, 2.75) is 26.2 Å². The maximum atomic E-state index is 11.9. The summed E-state index contributed by atoms with van der Waals surface area (Å²) in [6.45, 7) is 3.97. The largest absolute Gasteiger partial charge is 0.302 e. The number of amides is 1. The van der Waals surface area contributed by atoms with Gasteiger partial charge in [0.25, 0.3) is 0 Å². The lowest BCUT2D eigenvalue weighted by molar-refractivity contribution is -0.116. The predicted octanol–water partition coefficient (Wildman–Crippen LogP) is 3.58. The van der Waals surface area contributed by atoms with Crippen LogP contribution in [0.2, 0.25) is 0 Å². The van der Waals surface area contributed by atoms with Gasteiger partial charge in [-0.1, -0.05) is 37.3 Å². The molecule has 0 radical (unpaired) electrons. The molecule has 0 saturated carbocycles. The highest BCUT2D eigenvalue weighted by Gasteiger charge is 2.12. The lowest BCUT2D eigenvalue weighted by Crippen LogP contribution is -2.14. The molecule has 1 unspecified atom stereocenters. The van der Waals surface area contributed by atoms with Crippen molar-refractivity contribution >= 4 is 22.4 Å². The van der Waals surface area contributed by atoms with Crippen molar-refractivity contribution in [2.24, 2.45) is 0 Å². The number of carbonyl (C=O) groups is 1. The van der Waals surface area contributed by atoms with Gasteiger partial charge in [0.1, 0.15) is 0 Å². The molecule has 0 aliphatic heterocycles. The van der Waals surface area contributed by atoms with Crippen LogP contribution in [0.15, 0.2) is 35.7 Å². The third kappa shape index (κ3) is 3.40. The molecule has 0 fully saturated rings. The van der Waals surface area contributed by atoms with E-state index >= 15 is 0 Å². The molecule has 2 rings (SSSR count). The van der Waals surface area contributed by atoms with Crippen LogP contribution in [0.3, 0.4) is 0 Å². The summed E-state index contributed by atoms with van der Waals surface area (Å²) in [5.74, 6) is 0.230. The van der Waals surface area contributed by atoms with Crippen molar-refractivity contribution in [3.05, 3.63) is 47.0 Å². The van der Waals surface area contributed by atoms with Crippen molar-refractivity contribution in [3.8, 4) is 0 Å². The fraction of sp³-hybridized carbons (Fsp3) is 0.286. The Bertz CT molecular complexity index is 522. The van der Waals surface area contributed by atoms with Crippen LogP contribution in [-0.2, 0) is 4.79 Å². The summed E-state index contributed by atoms with van der Waals surface area (Å²) in [6.07, 6.45) is 0.475. The second-order valence-corrected chi connectivity index (χ2v) is 5.22. The molecule has 0 aliphatic rings. The molecule has 94 valence electrons. The van der Waals surface area contributed by atoms with E-state index < -0.39 is 0 Å². The summed E-state index contributed by atoms with van der Waals surface area (Å²) >= 11 is 1.46. The molecule has 0 aliphatic carbocycles. The Balaban J connectivity index is 1.92. The molecule has 4 heteroatoms. The zero-order valence-corrected chi connectivity index (χ0v) is 11.3. The lowest BCUT2D eigenvalue weighted by atomic mass is 9.98. The lowest BCUT2D eigenvalue weighted by Gasteiger charge is -2.10. The van der Waals surface area contributed by atoms with Gasteiger partial charge in [0.2, 0.25) is 5.91 Å². The molecule has 1 aromatic heterocycles. The van der Waals surface area contributed by atoms with Crippen LogP contribution in [0.1, 0.15) is 30.5 Å². The van der Waals surface area contributed by atoms with Gasteiger partial charge in [-0.15, -0.1) is 11.3 Å². The van der Waals surface area contributed by atoms with Crippen LogP contribution in [0.25, 0.3) is 0 Å². The van der Waals surface area contributed by atoms with Gasteiger partial charge in [-0.2, -0.15) is 0 Å². The fourth-order valence-corrected chi connectivity index (χ4v) is 2.46. The van der Waals surface area contributed by atoms with E-state index in [4.69, 9.17) is 0 Å². The molecule has 2 aromatic rings. The van der Waals surface area contributed by atoms with Gasteiger partial charge in [0.05, 0.1) is 5.69 Å². The predicted molar refractivity (Wildman–Crippen MR) is 75.0 cm³/mol. The van der Waals surface area contributed by atoms with Gasteiger partial charge < -0.3 is 5.32 Å². The van der Waals surface area contributed by atoms with Gasteiger partial charge in [-0.05, 0) is 18.4 Å². The number of anilines is 1. The van der Waals surface area contributed by atoms with Gasteiger partial charge >= 0.3 is 0 Å². The number of nitrogens with one attached hydrogen (secondary N) is 1. The first kappa shape index (κ1) is 12.8. The van der Waals surface area contributed by atoms with E-state index in [0.717, 1.165) is 5.69 Å². The Hall–Kier alpha value is -1.68. The first-order valence-electron chi connectivity index (χ1n) is 5.92. The van der Waals surface area contributed by atoms with Crippen molar-refractivity contribution < 1.29 is 4.79 Å². The summed E-state index contributed by atoms with van der Waals surface area (Å²) in [6, 6.07) is 10.1. The number of thiazole rings is 1. The van der Waals surface area contributed by atoms with E-state index in [0.29, 0.717) is 11.6 Å². The number of carbonyl (C=O) groups excluding carboxylic acids is 1. The zero-order chi connectivity index (χ0) is 13.0. The van der Waals surface area contributed by atoms with Crippen LogP contribution < -0.4 is 5.32 Å². The molecule has 0 saturated heterocycles. The molecule has 1 atom stereocenters. The molecule has 1 amide bonds. The molecule has 18 heavy (non-hydrogen) atoms. The van der Waals surface area contributed by atoms with Crippen molar-refractivity contribution in [3.63, 3.8) is 0 Å². The van der Waals surface area contributed by atoms with E-state index in [-0.39, 0.29) is 11.8 Å². The van der Waals surface area contributed by atoms with Gasteiger partial charge in [0, 0.05) is 11.8 Å². The van der Waals surface area contributed by atoms with E-state index in [1.165, 1.54) is 16.9 Å². The Labute approximate surface area is 111 Å². The molecule has 1 heterocycles. The van der Waals surface area contributed by atoms with Crippen LogP contribution in [0, 0.1) is 6.92 Å². The third-order valence-electron chi connectivity index (χ3n) is 2.73. The van der Waals surface area contributed by atoms with Crippen LogP contribution >= 0.6 is 11.3 Å². The normalized spacial score (nSPS) is 12.1. The van der Waals surface area contributed by atoms with Crippen LogP contribution in [-0.4, -0.2) is 10.9 Å². The molecular weight excluding hydrogens is 244 g/mol. The molecule has 1 N–H and O–H groups in total. The van der Waals surface area contributed by atoms with E-state index in [9.17, 15) is 4.79 Å². The Kier molecular flexibility index (Phi) is 4.10. The van der Waals surface area contributed by atoms with Crippen molar-refractivity contribution in [1.29, 1.82) is 0 Å². The highest BCUT2D eigenvalue weighted by atomic mass is 32.1. The fourth-order valence-electron chi connectivity index (χ4n) is 1.76. The van der Waals surface area contributed by atoms with Gasteiger partial charge in [-0.25, -0.2) is 4.98 Å². The third-order valence-corrected chi connectivity index (χ3v) is 3.60. The first-order valence-corrected chi connectivity index (χ1v) is 6.80. The Morgan fingerprint density at radius 2 is 2.11 bits per heavy atom. The topological polar surface area (TPSA) is 42.0 Å². The molecule has 1 aromatic carbocycles. The van der Waals surface area contributed by atoms with Gasteiger partial charge in [0.15, 0.2) is 5.13 Å². The summed E-state index contributed by atoms with van der Waals surface area (Å²) in [5, 5.41) is 5.44. The average molecular weight is 260 g/mol. The van der Waals surface area contributed by atoms with E-state index in [1.807, 2.05) is 42.6 Å². The monoisotopic (exact) mass is 260 g/mol. The summed E-state index contributed by atoms with van der Waals surface area (Å²) in [7, 11) is 0. The molecule has 0 spiro atoms. The molecule has 0 bridgehead atoms. The summed E-state index contributed by atoms with van der Waals surface area (Å²) < 4.78 is 0. The number of nitrogens with zero attached hydrogens (tertiary/aromatic N) is 1. The Morgan fingerprint density at radius 1 is 1.39 bits per heavy atom.